The van der Waals surface area contributed by atoms with Crippen molar-refractivity contribution in [2.45, 2.75) is 39.0 Å². The van der Waals surface area contributed by atoms with Crippen molar-refractivity contribution in [3.63, 3.8) is 0 Å². The third kappa shape index (κ3) is 2.71. The lowest BCUT2D eigenvalue weighted by Gasteiger charge is -2.38. The van der Waals surface area contributed by atoms with Crippen molar-refractivity contribution >= 4 is 5.91 Å². The number of amides is 1. The van der Waals surface area contributed by atoms with E-state index in [4.69, 9.17) is 0 Å². The van der Waals surface area contributed by atoms with Crippen molar-refractivity contribution < 1.29 is 4.79 Å². The Balaban J connectivity index is 1.71. The van der Waals surface area contributed by atoms with Crippen LogP contribution in [0.15, 0.2) is 0 Å². The molecule has 1 heterocycles. The Kier molecular flexibility index (Phi) is 3.29. The molecule has 0 radical (unpaired) electrons. The quantitative estimate of drug-likeness (QED) is 0.737. The molecule has 86 valence electrons. The Morgan fingerprint density at radius 3 is 2.60 bits per heavy atom. The first-order chi connectivity index (χ1) is 7.20. The van der Waals surface area contributed by atoms with E-state index in [1.807, 2.05) is 0 Å². The zero-order chi connectivity index (χ0) is 10.7. The van der Waals surface area contributed by atoms with Crippen LogP contribution in [-0.2, 0) is 4.79 Å². The van der Waals surface area contributed by atoms with Gasteiger partial charge < -0.3 is 10.6 Å². The van der Waals surface area contributed by atoms with Crippen molar-refractivity contribution in [1.82, 2.24) is 10.6 Å². The van der Waals surface area contributed by atoms with Gasteiger partial charge in [-0.1, -0.05) is 13.3 Å². The van der Waals surface area contributed by atoms with Gasteiger partial charge in [0.1, 0.15) is 0 Å². The molecule has 1 aliphatic carbocycles. The Bertz CT molecular complexity index is 230. The second kappa shape index (κ2) is 4.52. The average molecular weight is 210 g/mol. The molecule has 2 N–H and O–H groups in total. The summed E-state index contributed by atoms with van der Waals surface area (Å²) in [7, 11) is 0. The fourth-order valence-electron chi connectivity index (χ4n) is 2.49. The van der Waals surface area contributed by atoms with Crippen molar-refractivity contribution in [3.05, 3.63) is 0 Å². The second-order valence-electron chi connectivity index (χ2n) is 5.41. The molecule has 1 amide bonds. The molecule has 2 rings (SSSR count). The van der Waals surface area contributed by atoms with Gasteiger partial charge in [0.25, 0.3) is 0 Å². The summed E-state index contributed by atoms with van der Waals surface area (Å²) < 4.78 is 0. The van der Waals surface area contributed by atoms with Gasteiger partial charge in [-0.3, -0.25) is 4.79 Å². The third-order valence-electron chi connectivity index (χ3n) is 3.96. The summed E-state index contributed by atoms with van der Waals surface area (Å²) >= 11 is 0. The smallest absolute Gasteiger partial charge is 0.223 e. The van der Waals surface area contributed by atoms with E-state index in [0.717, 1.165) is 32.5 Å². The molecule has 3 heteroatoms. The van der Waals surface area contributed by atoms with Crippen LogP contribution in [0.3, 0.4) is 0 Å². The number of hydrogen-bond acceptors (Lipinski definition) is 2. The summed E-state index contributed by atoms with van der Waals surface area (Å²) in [4.78, 5) is 11.8. The van der Waals surface area contributed by atoms with Crippen LogP contribution in [0.5, 0.6) is 0 Å². The van der Waals surface area contributed by atoms with E-state index in [1.165, 1.54) is 19.3 Å². The van der Waals surface area contributed by atoms with E-state index < -0.39 is 0 Å². The van der Waals surface area contributed by atoms with Crippen LogP contribution in [0.4, 0.5) is 0 Å². The number of hydrogen-bond donors (Lipinski definition) is 2. The Labute approximate surface area is 92.0 Å². The summed E-state index contributed by atoms with van der Waals surface area (Å²) in [6, 6.07) is 0. The number of piperidine rings is 1. The van der Waals surface area contributed by atoms with Gasteiger partial charge in [-0.05, 0) is 44.2 Å². The molecular formula is C12H22N2O. The predicted octanol–water partition coefficient (Wildman–Crippen LogP) is 1.29. The van der Waals surface area contributed by atoms with Crippen molar-refractivity contribution in [3.8, 4) is 0 Å². The maximum atomic E-state index is 11.8. The van der Waals surface area contributed by atoms with Gasteiger partial charge in [-0.2, -0.15) is 0 Å². The Morgan fingerprint density at radius 2 is 2.07 bits per heavy atom. The van der Waals surface area contributed by atoms with E-state index in [-0.39, 0.29) is 11.8 Å². The number of nitrogens with one attached hydrogen (secondary N) is 2. The predicted molar refractivity (Wildman–Crippen MR) is 60.6 cm³/mol. The van der Waals surface area contributed by atoms with Gasteiger partial charge in [-0.15, -0.1) is 0 Å². The molecule has 1 aliphatic heterocycles. The largest absolute Gasteiger partial charge is 0.355 e. The average Bonchev–Trinajstić information content (AvgIpc) is 2.24. The minimum absolute atomic E-state index is 0.259. The monoisotopic (exact) mass is 210 g/mol. The van der Waals surface area contributed by atoms with Crippen LogP contribution in [0, 0.1) is 11.3 Å². The Morgan fingerprint density at radius 1 is 1.40 bits per heavy atom. The van der Waals surface area contributed by atoms with Gasteiger partial charge in [0, 0.05) is 12.5 Å². The summed E-state index contributed by atoms with van der Waals surface area (Å²) in [6.45, 7) is 5.15. The van der Waals surface area contributed by atoms with Gasteiger partial charge >= 0.3 is 0 Å². The first-order valence-electron chi connectivity index (χ1n) is 6.18. The van der Waals surface area contributed by atoms with Crippen molar-refractivity contribution in [2.75, 3.05) is 19.6 Å². The fraction of sp³-hybridized carbons (Fsp3) is 0.917. The molecule has 0 unspecified atom stereocenters. The van der Waals surface area contributed by atoms with Gasteiger partial charge in [-0.25, -0.2) is 0 Å². The molecule has 1 saturated carbocycles. The highest BCUT2D eigenvalue weighted by Gasteiger charge is 2.32. The molecule has 0 aromatic carbocycles. The highest BCUT2D eigenvalue weighted by molar-refractivity contribution is 5.78. The summed E-state index contributed by atoms with van der Waals surface area (Å²) in [5.74, 6) is 0.541. The normalized spacial score (nSPS) is 25.7. The maximum absolute atomic E-state index is 11.8. The zero-order valence-corrected chi connectivity index (χ0v) is 9.64. The maximum Gasteiger partial charge on any atom is 0.223 e. The van der Waals surface area contributed by atoms with Crippen LogP contribution >= 0.6 is 0 Å². The van der Waals surface area contributed by atoms with Crippen molar-refractivity contribution in [2.24, 2.45) is 11.3 Å². The molecule has 3 nitrogen and oxygen atoms in total. The molecule has 0 bridgehead atoms. The lowest BCUT2D eigenvalue weighted by atomic mass is 9.70. The lowest BCUT2D eigenvalue weighted by molar-refractivity contribution is -0.126. The molecule has 2 fully saturated rings. The lowest BCUT2D eigenvalue weighted by Crippen LogP contribution is -2.44. The standard InChI is InChI=1S/C12H22N2O/c1-12(5-2-6-12)9-14-11(15)10-3-7-13-8-4-10/h10,13H,2-9H2,1H3,(H,14,15). The molecule has 0 aromatic rings. The van der Waals surface area contributed by atoms with Crippen LogP contribution in [0.1, 0.15) is 39.0 Å². The summed E-state index contributed by atoms with van der Waals surface area (Å²) in [5, 5.41) is 6.41. The summed E-state index contributed by atoms with van der Waals surface area (Å²) in [5.41, 5.74) is 0.405. The van der Waals surface area contributed by atoms with Gasteiger partial charge in [0.05, 0.1) is 0 Å². The van der Waals surface area contributed by atoms with Crippen LogP contribution in [-0.4, -0.2) is 25.5 Å². The highest BCUT2D eigenvalue weighted by Crippen LogP contribution is 2.39. The molecular weight excluding hydrogens is 188 g/mol. The molecule has 0 aromatic heterocycles. The topological polar surface area (TPSA) is 41.1 Å². The van der Waals surface area contributed by atoms with E-state index >= 15 is 0 Å². The first kappa shape index (κ1) is 10.9. The third-order valence-corrected chi connectivity index (χ3v) is 3.96. The van der Waals surface area contributed by atoms with Gasteiger partial charge in [0.15, 0.2) is 0 Å². The fourth-order valence-corrected chi connectivity index (χ4v) is 2.49. The number of carbonyl (C=O) groups is 1. The summed E-state index contributed by atoms with van der Waals surface area (Å²) in [6.07, 6.45) is 5.89. The van der Waals surface area contributed by atoms with Crippen LogP contribution < -0.4 is 10.6 Å². The minimum atomic E-state index is 0.259. The minimum Gasteiger partial charge on any atom is -0.355 e. The highest BCUT2D eigenvalue weighted by atomic mass is 16.1. The molecule has 0 atom stereocenters. The van der Waals surface area contributed by atoms with Gasteiger partial charge in [0.2, 0.25) is 5.91 Å². The van der Waals surface area contributed by atoms with E-state index in [2.05, 4.69) is 17.6 Å². The Hall–Kier alpha value is -0.570. The van der Waals surface area contributed by atoms with Crippen LogP contribution in [0.2, 0.25) is 0 Å². The van der Waals surface area contributed by atoms with E-state index in [9.17, 15) is 4.79 Å². The molecule has 15 heavy (non-hydrogen) atoms. The first-order valence-corrected chi connectivity index (χ1v) is 6.18. The van der Waals surface area contributed by atoms with Crippen LogP contribution in [0.25, 0.3) is 0 Å². The SMILES string of the molecule is CC1(CNC(=O)C2CCNCC2)CCC1. The number of rotatable bonds is 3. The van der Waals surface area contributed by atoms with Crippen molar-refractivity contribution in [1.29, 1.82) is 0 Å². The van der Waals surface area contributed by atoms with E-state index in [0.29, 0.717) is 5.41 Å². The van der Waals surface area contributed by atoms with E-state index in [1.54, 1.807) is 0 Å². The zero-order valence-electron chi connectivity index (χ0n) is 9.64. The molecule has 0 spiro atoms. The second-order valence-corrected chi connectivity index (χ2v) is 5.41. The molecule has 1 saturated heterocycles. The number of carbonyl (C=O) groups excluding carboxylic acids is 1. The molecule has 2 aliphatic rings.